The normalized spacial score (nSPS) is 17.5. The van der Waals surface area contributed by atoms with E-state index in [1.807, 2.05) is 0 Å². The van der Waals surface area contributed by atoms with Crippen molar-refractivity contribution in [3.05, 3.63) is 23.2 Å². The summed E-state index contributed by atoms with van der Waals surface area (Å²) in [4.78, 5) is 0.0288. The summed E-state index contributed by atoms with van der Waals surface area (Å²) < 4.78 is 26.5. The molecule has 1 aromatic carbocycles. The van der Waals surface area contributed by atoms with Crippen molar-refractivity contribution in [3.63, 3.8) is 0 Å². The Hall–Kier alpha value is -0.780. The number of hydrogen-bond donors (Lipinski definition) is 1. The third kappa shape index (κ3) is 2.35. The minimum atomic E-state index is -3.61. The molecule has 4 nitrogen and oxygen atoms in total. The van der Waals surface area contributed by atoms with Gasteiger partial charge in [0.2, 0.25) is 10.0 Å². The van der Waals surface area contributed by atoms with Gasteiger partial charge in [-0.05, 0) is 25.0 Å². The van der Waals surface area contributed by atoms with Gasteiger partial charge in [-0.15, -0.1) is 0 Å². The van der Waals surface area contributed by atoms with Crippen molar-refractivity contribution >= 4 is 27.3 Å². The minimum absolute atomic E-state index is 0.0288. The van der Waals surface area contributed by atoms with E-state index in [1.54, 1.807) is 25.2 Å². The van der Waals surface area contributed by atoms with Crippen LogP contribution in [0.25, 0.3) is 0 Å². The van der Waals surface area contributed by atoms with Gasteiger partial charge in [-0.2, -0.15) is 4.31 Å². The Balaban J connectivity index is 2.41. The Morgan fingerprint density at radius 2 is 1.94 bits per heavy atom. The molecular formula is C12H17ClN2O2S. The monoisotopic (exact) mass is 288 g/mol. The van der Waals surface area contributed by atoms with Crippen LogP contribution in [0.15, 0.2) is 23.1 Å². The van der Waals surface area contributed by atoms with Gasteiger partial charge in [0, 0.05) is 13.1 Å². The summed E-state index contributed by atoms with van der Waals surface area (Å²) >= 11 is 5.98. The van der Waals surface area contributed by atoms with Crippen molar-refractivity contribution in [2.45, 2.75) is 36.6 Å². The molecule has 0 aromatic heterocycles. The number of sulfonamides is 1. The van der Waals surface area contributed by atoms with E-state index in [2.05, 4.69) is 0 Å². The fourth-order valence-electron chi connectivity index (χ4n) is 2.41. The maximum absolute atomic E-state index is 12.5. The lowest BCUT2D eigenvalue weighted by Gasteiger charge is -2.24. The van der Waals surface area contributed by atoms with Crippen LogP contribution >= 0.6 is 11.6 Å². The zero-order valence-electron chi connectivity index (χ0n) is 10.3. The van der Waals surface area contributed by atoms with Crippen LogP contribution in [0.3, 0.4) is 0 Å². The molecule has 0 heterocycles. The maximum atomic E-state index is 12.5. The molecule has 1 fully saturated rings. The lowest BCUT2D eigenvalue weighted by molar-refractivity contribution is 0.373. The zero-order chi connectivity index (χ0) is 13.3. The fraction of sp³-hybridized carbons (Fsp3) is 0.500. The number of nitrogens with two attached hydrogens (primary N) is 1. The maximum Gasteiger partial charge on any atom is 0.246 e. The summed E-state index contributed by atoms with van der Waals surface area (Å²) in [6.07, 6.45) is 3.95. The van der Waals surface area contributed by atoms with E-state index in [1.165, 1.54) is 4.31 Å². The van der Waals surface area contributed by atoms with E-state index in [4.69, 9.17) is 17.3 Å². The first-order valence-corrected chi connectivity index (χ1v) is 7.78. The first-order valence-electron chi connectivity index (χ1n) is 5.96. The summed E-state index contributed by atoms with van der Waals surface area (Å²) in [6, 6.07) is 4.81. The van der Waals surface area contributed by atoms with Crippen LogP contribution in [-0.4, -0.2) is 25.8 Å². The highest BCUT2D eigenvalue weighted by Crippen LogP contribution is 2.33. The highest BCUT2D eigenvalue weighted by atomic mass is 35.5. The molecule has 1 aliphatic rings. The van der Waals surface area contributed by atoms with Crippen molar-refractivity contribution in [1.29, 1.82) is 0 Å². The largest absolute Gasteiger partial charge is 0.398 e. The van der Waals surface area contributed by atoms with Crippen LogP contribution in [0.5, 0.6) is 0 Å². The first-order chi connectivity index (χ1) is 8.44. The molecular weight excluding hydrogens is 272 g/mol. The van der Waals surface area contributed by atoms with Crippen LogP contribution < -0.4 is 5.73 Å². The minimum Gasteiger partial charge on any atom is -0.398 e. The Morgan fingerprint density at radius 1 is 1.33 bits per heavy atom. The smallest absolute Gasteiger partial charge is 0.246 e. The third-order valence-electron chi connectivity index (χ3n) is 3.47. The van der Waals surface area contributed by atoms with Gasteiger partial charge in [0.25, 0.3) is 0 Å². The molecule has 0 radical (unpaired) electrons. The van der Waals surface area contributed by atoms with E-state index in [0.29, 0.717) is 0 Å². The second kappa shape index (κ2) is 5.07. The lowest BCUT2D eigenvalue weighted by atomic mass is 10.3. The lowest BCUT2D eigenvalue weighted by Crippen LogP contribution is -2.35. The average molecular weight is 289 g/mol. The quantitative estimate of drug-likeness (QED) is 0.869. The van der Waals surface area contributed by atoms with Crippen LogP contribution in [0.1, 0.15) is 25.7 Å². The molecule has 0 aliphatic heterocycles. The highest BCUT2D eigenvalue weighted by molar-refractivity contribution is 7.89. The van der Waals surface area contributed by atoms with Gasteiger partial charge < -0.3 is 5.73 Å². The Labute approximate surface area is 113 Å². The number of rotatable bonds is 3. The Bertz CT molecular complexity index is 519. The number of hydrogen-bond acceptors (Lipinski definition) is 3. The van der Waals surface area contributed by atoms with Crippen molar-refractivity contribution in [1.82, 2.24) is 4.31 Å². The molecule has 0 unspecified atom stereocenters. The summed E-state index contributed by atoms with van der Waals surface area (Å²) in [7, 11) is -2.00. The molecule has 2 rings (SSSR count). The molecule has 6 heteroatoms. The van der Waals surface area contributed by atoms with E-state index in [0.717, 1.165) is 25.7 Å². The molecule has 2 N–H and O–H groups in total. The van der Waals surface area contributed by atoms with Gasteiger partial charge in [0.1, 0.15) is 4.90 Å². The summed E-state index contributed by atoms with van der Waals surface area (Å²) in [5.41, 5.74) is 5.95. The first kappa shape index (κ1) is 13.6. The Kier molecular flexibility index (Phi) is 3.84. The standard InChI is InChI=1S/C12H17ClN2O2S/c1-15(9-5-2-3-6-9)18(16,17)12-10(13)7-4-8-11(12)14/h4,7-9H,2-3,5-6,14H2,1H3. The molecule has 18 heavy (non-hydrogen) atoms. The predicted octanol–water partition coefficient (Wildman–Crippen LogP) is 2.49. The molecule has 0 bridgehead atoms. The van der Waals surface area contributed by atoms with Gasteiger partial charge in [0.15, 0.2) is 0 Å². The molecule has 0 amide bonds. The van der Waals surface area contributed by atoms with Crippen molar-refractivity contribution in [3.8, 4) is 0 Å². The topological polar surface area (TPSA) is 63.4 Å². The highest BCUT2D eigenvalue weighted by Gasteiger charge is 2.32. The van der Waals surface area contributed by atoms with Crippen LogP contribution in [0.4, 0.5) is 5.69 Å². The summed E-state index contributed by atoms with van der Waals surface area (Å²) in [5, 5.41) is 0.180. The number of halogens is 1. The summed E-state index contributed by atoms with van der Waals surface area (Å²) in [6.45, 7) is 0. The fourth-order valence-corrected chi connectivity index (χ4v) is 4.45. The second-order valence-electron chi connectivity index (χ2n) is 4.62. The van der Waals surface area contributed by atoms with Crippen LogP contribution in [-0.2, 0) is 10.0 Å². The van der Waals surface area contributed by atoms with E-state index in [9.17, 15) is 8.42 Å². The van der Waals surface area contributed by atoms with Crippen molar-refractivity contribution in [2.24, 2.45) is 0 Å². The number of anilines is 1. The van der Waals surface area contributed by atoms with Crippen molar-refractivity contribution < 1.29 is 8.42 Å². The van der Waals surface area contributed by atoms with E-state index < -0.39 is 10.0 Å². The van der Waals surface area contributed by atoms with Crippen LogP contribution in [0.2, 0.25) is 5.02 Å². The number of nitrogens with zero attached hydrogens (tertiary/aromatic N) is 1. The molecule has 1 aliphatic carbocycles. The SMILES string of the molecule is CN(C1CCCC1)S(=O)(=O)c1c(N)cccc1Cl. The second-order valence-corrected chi connectivity index (χ2v) is 6.96. The summed E-state index contributed by atoms with van der Waals surface area (Å²) in [5.74, 6) is 0. The van der Waals surface area contributed by atoms with Gasteiger partial charge >= 0.3 is 0 Å². The van der Waals surface area contributed by atoms with E-state index >= 15 is 0 Å². The van der Waals surface area contributed by atoms with Gasteiger partial charge in [-0.1, -0.05) is 30.5 Å². The molecule has 0 spiro atoms. The van der Waals surface area contributed by atoms with Crippen molar-refractivity contribution in [2.75, 3.05) is 12.8 Å². The molecule has 0 saturated heterocycles. The third-order valence-corrected chi connectivity index (χ3v) is 5.93. The van der Waals surface area contributed by atoms with Crippen LogP contribution in [0, 0.1) is 0 Å². The number of benzene rings is 1. The average Bonchev–Trinajstić information content (AvgIpc) is 2.80. The predicted molar refractivity (Wildman–Crippen MR) is 73.1 cm³/mol. The number of nitrogen functional groups attached to an aromatic ring is 1. The molecule has 1 aromatic rings. The molecule has 0 atom stereocenters. The van der Waals surface area contributed by atoms with Gasteiger partial charge in [-0.3, -0.25) is 0 Å². The van der Waals surface area contributed by atoms with E-state index in [-0.39, 0.29) is 21.6 Å². The molecule has 1 saturated carbocycles. The zero-order valence-corrected chi connectivity index (χ0v) is 11.8. The van der Waals surface area contributed by atoms with Gasteiger partial charge in [-0.25, -0.2) is 8.42 Å². The van der Waals surface area contributed by atoms with Gasteiger partial charge in [0.05, 0.1) is 10.7 Å². The Morgan fingerprint density at radius 3 is 2.50 bits per heavy atom. The molecule has 100 valence electrons.